The molecule has 20 heavy (non-hydrogen) atoms. The average Bonchev–Trinajstić information content (AvgIpc) is 2.78. The van der Waals surface area contributed by atoms with Crippen LogP contribution in [0.4, 0.5) is 5.69 Å². The van der Waals surface area contributed by atoms with E-state index in [2.05, 4.69) is 14.9 Å². The van der Waals surface area contributed by atoms with Crippen molar-refractivity contribution in [1.29, 1.82) is 0 Å². The summed E-state index contributed by atoms with van der Waals surface area (Å²) < 4.78 is 27.1. The lowest BCUT2D eigenvalue weighted by molar-refractivity contribution is 0.581. The van der Waals surface area contributed by atoms with E-state index in [1.807, 2.05) is 20.8 Å². The number of H-pyrrole nitrogens is 1. The molecular formula is C13H18N4O2S. The summed E-state index contributed by atoms with van der Waals surface area (Å²) in [7, 11) is -3.59. The van der Waals surface area contributed by atoms with E-state index >= 15 is 0 Å². The Balaban J connectivity index is 2.25. The second kappa shape index (κ2) is 5.26. The number of nitrogens with zero attached hydrogens (tertiary/aromatic N) is 1. The number of aromatic amines is 1. The van der Waals surface area contributed by atoms with Crippen molar-refractivity contribution in [1.82, 2.24) is 14.9 Å². The van der Waals surface area contributed by atoms with Gasteiger partial charge in [-0.1, -0.05) is 0 Å². The molecule has 0 radical (unpaired) electrons. The highest BCUT2D eigenvalue weighted by atomic mass is 32.2. The zero-order chi connectivity index (χ0) is 14.9. The van der Waals surface area contributed by atoms with E-state index < -0.39 is 10.0 Å². The lowest BCUT2D eigenvalue weighted by Gasteiger charge is -2.10. The maximum Gasteiger partial charge on any atom is 0.240 e. The summed E-state index contributed by atoms with van der Waals surface area (Å²) in [6.07, 6.45) is 1.60. The number of hydrogen-bond donors (Lipinski definition) is 3. The number of nitrogens with two attached hydrogens (primary N) is 1. The van der Waals surface area contributed by atoms with Crippen LogP contribution in [0.3, 0.4) is 0 Å². The van der Waals surface area contributed by atoms with Gasteiger partial charge in [0.05, 0.1) is 11.1 Å². The van der Waals surface area contributed by atoms with Gasteiger partial charge in [0.15, 0.2) is 0 Å². The van der Waals surface area contributed by atoms with Crippen molar-refractivity contribution in [3.05, 3.63) is 40.7 Å². The highest BCUT2D eigenvalue weighted by Gasteiger charge is 2.16. The molecule has 1 heterocycles. The molecule has 0 spiro atoms. The van der Waals surface area contributed by atoms with Crippen LogP contribution >= 0.6 is 0 Å². The van der Waals surface area contributed by atoms with Gasteiger partial charge in [-0.3, -0.25) is 5.10 Å². The molecule has 0 aliphatic carbocycles. The SMILES string of the molecule is Cc1cc(S(=O)(=O)NCc2cn[nH]c2C)cc(N)c1C. The third-order valence-electron chi connectivity index (χ3n) is 3.38. The fraction of sp³-hybridized carbons (Fsp3) is 0.308. The Morgan fingerprint density at radius 2 is 2.00 bits per heavy atom. The van der Waals surface area contributed by atoms with E-state index in [1.54, 1.807) is 12.3 Å². The van der Waals surface area contributed by atoms with Crippen LogP contribution in [0.15, 0.2) is 23.2 Å². The van der Waals surface area contributed by atoms with Crippen LogP contribution in [0.25, 0.3) is 0 Å². The Morgan fingerprint density at radius 1 is 1.30 bits per heavy atom. The first-order chi connectivity index (χ1) is 9.31. The van der Waals surface area contributed by atoms with Crippen LogP contribution in [-0.4, -0.2) is 18.6 Å². The van der Waals surface area contributed by atoms with Gasteiger partial charge in [0.2, 0.25) is 10.0 Å². The third kappa shape index (κ3) is 2.83. The molecule has 0 saturated carbocycles. The smallest absolute Gasteiger partial charge is 0.240 e. The minimum absolute atomic E-state index is 0.180. The fourth-order valence-corrected chi connectivity index (χ4v) is 2.94. The summed E-state index contributed by atoms with van der Waals surface area (Å²) in [6, 6.07) is 3.10. The van der Waals surface area contributed by atoms with Gasteiger partial charge in [-0.25, -0.2) is 13.1 Å². The van der Waals surface area contributed by atoms with Crippen molar-refractivity contribution in [3.63, 3.8) is 0 Å². The largest absolute Gasteiger partial charge is 0.398 e. The molecule has 108 valence electrons. The molecule has 0 saturated heterocycles. The van der Waals surface area contributed by atoms with Crippen molar-refractivity contribution in [2.24, 2.45) is 0 Å². The number of nitrogens with one attached hydrogen (secondary N) is 2. The molecule has 2 aromatic rings. The molecule has 0 amide bonds. The standard InChI is InChI=1S/C13H18N4O2S/c1-8-4-12(5-13(14)9(8)2)20(18,19)16-7-11-6-15-17-10(11)3/h4-6,16H,7,14H2,1-3H3,(H,15,17). The van der Waals surface area contributed by atoms with Crippen LogP contribution in [0.5, 0.6) is 0 Å². The molecule has 0 aliphatic heterocycles. The number of benzene rings is 1. The quantitative estimate of drug-likeness (QED) is 0.742. The van der Waals surface area contributed by atoms with Gasteiger partial charge >= 0.3 is 0 Å². The fourth-order valence-electron chi connectivity index (χ4n) is 1.82. The molecule has 0 unspecified atom stereocenters. The van der Waals surface area contributed by atoms with Gasteiger partial charge < -0.3 is 5.73 Å². The molecule has 0 bridgehead atoms. The Hall–Kier alpha value is -1.86. The Labute approximate surface area is 118 Å². The molecule has 4 N–H and O–H groups in total. The topological polar surface area (TPSA) is 101 Å². The van der Waals surface area contributed by atoms with Gasteiger partial charge in [-0.05, 0) is 44.0 Å². The van der Waals surface area contributed by atoms with E-state index in [9.17, 15) is 8.42 Å². The predicted octanol–water partition coefficient (Wildman–Crippen LogP) is 1.40. The number of hydrogen-bond acceptors (Lipinski definition) is 4. The van der Waals surface area contributed by atoms with E-state index in [1.165, 1.54) is 6.07 Å². The first-order valence-electron chi connectivity index (χ1n) is 6.16. The number of nitrogen functional groups attached to an aromatic ring is 1. The minimum atomic E-state index is -3.59. The molecule has 6 nitrogen and oxygen atoms in total. The Bertz CT molecular complexity index is 712. The summed E-state index contributed by atoms with van der Waals surface area (Å²) in [4.78, 5) is 0.180. The summed E-state index contributed by atoms with van der Waals surface area (Å²) in [5.41, 5.74) is 9.70. The predicted molar refractivity (Wildman–Crippen MR) is 77.7 cm³/mol. The number of sulfonamides is 1. The van der Waals surface area contributed by atoms with Crippen LogP contribution in [0, 0.1) is 20.8 Å². The van der Waals surface area contributed by atoms with Crippen LogP contribution in [0.2, 0.25) is 0 Å². The van der Waals surface area contributed by atoms with E-state index in [4.69, 9.17) is 5.73 Å². The number of anilines is 1. The highest BCUT2D eigenvalue weighted by molar-refractivity contribution is 7.89. The second-order valence-electron chi connectivity index (χ2n) is 4.80. The van der Waals surface area contributed by atoms with Gasteiger partial charge in [-0.2, -0.15) is 5.10 Å². The highest BCUT2D eigenvalue weighted by Crippen LogP contribution is 2.21. The minimum Gasteiger partial charge on any atom is -0.398 e. The van der Waals surface area contributed by atoms with E-state index in [-0.39, 0.29) is 11.4 Å². The molecule has 0 aliphatic rings. The maximum absolute atomic E-state index is 12.3. The lowest BCUT2D eigenvalue weighted by atomic mass is 10.1. The molecule has 0 atom stereocenters. The lowest BCUT2D eigenvalue weighted by Crippen LogP contribution is -2.23. The van der Waals surface area contributed by atoms with Crippen LogP contribution in [-0.2, 0) is 16.6 Å². The third-order valence-corrected chi connectivity index (χ3v) is 4.76. The molecule has 7 heteroatoms. The average molecular weight is 294 g/mol. The number of aryl methyl sites for hydroxylation is 2. The zero-order valence-electron chi connectivity index (χ0n) is 11.7. The van der Waals surface area contributed by atoms with Crippen molar-refractivity contribution in [2.75, 3.05) is 5.73 Å². The summed E-state index contributed by atoms with van der Waals surface area (Å²) >= 11 is 0. The number of aromatic nitrogens is 2. The summed E-state index contributed by atoms with van der Waals surface area (Å²) in [5, 5.41) is 6.62. The molecule has 1 aromatic carbocycles. The van der Waals surface area contributed by atoms with Gasteiger partial charge in [0, 0.05) is 23.5 Å². The molecule has 2 rings (SSSR count). The first kappa shape index (κ1) is 14.5. The zero-order valence-corrected chi connectivity index (χ0v) is 12.5. The normalized spacial score (nSPS) is 11.8. The van der Waals surface area contributed by atoms with Crippen molar-refractivity contribution in [2.45, 2.75) is 32.2 Å². The van der Waals surface area contributed by atoms with Gasteiger partial charge in [-0.15, -0.1) is 0 Å². The molecule has 1 aromatic heterocycles. The molecular weight excluding hydrogens is 276 g/mol. The van der Waals surface area contributed by atoms with Crippen molar-refractivity contribution in [3.8, 4) is 0 Å². The monoisotopic (exact) mass is 294 g/mol. The summed E-state index contributed by atoms with van der Waals surface area (Å²) in [6.45, 7) is 5.73. The van der Waals surface area contributed by atoms with Crippen LogP contribution in [0.1, 0.15) is 22.4 Å². The second-order valence-corrected chi connectivity index (χ2v) is 6.57. The summed E-state index contributed by atoms with van der Waals surface area (Å²) in [5.74, 6) is 0. The Kier molecular flexibility index (Phi) is 3.82. The number of rotatable bonds is 4. The Morgan fingerprint density at radius 3 is 2.55 bits per heavy atom. The van der Waals surface area contributed by atoms with Gasteiger partial charge in [0.25, 0.3) is 0 Å². The van der Waals surface area contributed by atoms with Crippen LogP contribution < -0.4 is 10.5 Å². The van der Waals surface area contributed by atoms with Crippen molar-refractivity contribution < 1.29 is 8.42 Å². The van der Waals surface area contributed by atoms with Gasteiger partial charge in [0.1, 0.15) is 0 Å². The van der Waals surface area contributed by atoms with E-state index in [0.29, 0.717) is 5.69 Å². The first-order valence-corrected chi connectivity index (χ1v) is 7.65. The van der Waals surface area contributed by atoms with Crippen molar-refractivity contribution >= 4 is 15.7 Å². The maximum atomic E-state index is 12.3. The van der Waals surface area contributed by atoms with E-state index in [0.717, 1.165) is 22.4 Å². The molecule has 0 fully saturated rings.